The van der Waals surface area contributed by atoms with Crippen molar-refractivity contribution in [3.05, 3.63) is 39.0 Å². The first-order chi connectivity index (χ1) is 15.3. The van der Waals surface area contributed by atoms with E-state index in [0.29, 0.717) is 25.9 Å². The number of amides is 1. The molecule has 0 aliphatic carbocycles. The lowest BCUT2D eigenvalue weighted by Gasteiger charge is -2.30. The highest BCUT2D eigenvalue weighted by molar-refractivity contribution is 6.36. The maximum atomic E-state index is 13.5. The number of imidazole rings is 1. The third kappa shape index (κ3) is 4.40. The van der Waals surface area contributed by atoms with Crippen LogP contribution in [-0.4, -0.2) is 39.6 Å². The van der Waals surface area contributed by atoms with Gasteiger partial charge in [0.1, 0.15) is 23.3 Å². The van der Waals surface area contributed by atoms with Crippen molar-refractivity contribution in [3.8, 4) is 0 Å². The van der Waals surface area contributed by atoms with Gasteiger partial charge in [0.2, 0.25) is 11.7 Å². The van der Waals surface area contributed by atoms with Crippen molar-refractivity contribution < 1.29 is 35.6 Å². The Balaban J connectivity index is 1.96. The summed E-state index contributed by atoms with van der Waals surface area (Å²) < 4.78 is 85.9. The standard InChI is InChI=1S/C20H16ClF6N3O3/c1-9(31)29-4-2-10(3-5-29)14-7-13(32)11-6-12(21)15-16(17(11)33-14)30(8-19(22,23)24)18(28-15)20(25,26)27/h6-7,10H,2-5,8H2,1H3. The van der Waals surface area contributed by atoms with Gasteiger partial charge in [-0.25, -0.2) is 4.98 Å². The van der Waals surface area contributed by atoms with Crippen molar-refractivity contribution in [1.82, 2.24) is 14.5 Å². The highest BCUT2D eigenvalue weighted by Gasteiger charge is 2.42. The van der Waals surface area contributed by atoms with E-state index in [1.165, 1.54) is 6.92 Å². The van der Waals surface area contributed by atoms with E-state index in [1.54, 1.807) is 4.90 Å². The number of carbonyl (C=O) groups is 1. The Morgan fingerprint density at radius 3 is 2.36 bits per heavy atom. The molecule has 13 heteroatoms. The molecule has 0 radical (unpaired) electrons. The second-order valence-electron chi connectivity index (χ2n) is 7.86. The summed E-state index contributed by atoms with van der Waals surface area (Å²) in [5.41, 5.74) is -2.30. The Labute approximate surface area is 186 Å². The molecule has 3 heterocycles. The van der Waals surface area contributed by atoms with Crippen LogP contribution >= 0.6 is 11.6 Å². The highest BCUT2D eigenvalue weighted by Crippen LogP contribution is 2.39. The molecule has 1 amide bonds. The van der Waals surface area contributed by atoms with Gasteiger partial charge in [0.05, 0.1) is 10.4 Å². The molecule has 3 aromatic rings. The summed E-state index contributed by atoms with van der Waals surface area (Å²) >= 11 is 6.01. The van der Waals surface area contributed by atoms with E-state index in [0.717, 1.165) is 12.1 Å². The molecule has 0 bridgehead atoms. The van der Waals surface area contributed by atoms with Crippen molar-refractivity contribution in [3.63, 3.8) is 0 Å². The SMILES string of the molecule is CC(=O)N1CCC(c2cc(=O)c3cc(Cl)c4nc(C(F)(F)F)n(CC(F)(F)F)c4c3o2)CC1. The molecular weight excluding hydrogens is 480 g/mol. The molecular formula is C20H16ClF6N3O3. The molecule has 0 saturated carbocycles. The van der Waals surface area contributed by atoms with E-state index in [2.05, 4.69) is 4.98 Å². The van der Waals surface area contributed by atoms with Gasteiger partial charge in [0, 0.05) is 32.0 Å². The van der Waals surface area contributed by atoms with Crippen LogP contribution in [-0.2, 0) is 17.5 Å². The Bertz CT molecular complexity index is 1300. The molecule has 2 aromatic heterocycles. The molecule has 178 valence electrons. The van der Waals surface area contributed by atoms with Crippen LogP contribution < -0.4 is 5.43 Å². The maximum absolute atomic E-state index is 13.5. The summed E-state index contributed by atoms with van der Waals surface area (Å²) in [7, 11) is 0. The number of hydrogen-bond acceptors (Lipinski definition) is 4. The van der Waals surface area contributed by atoms with Gasteiger partial charge in [-0.05, 0) is 18.9 Å². The van der Waals surface area contributed by atoms with E-state index in [-0.39, 0.29) is 27.5 Å². The fraction of sp³-hybridized carbons (Fsp3) is 0.450. The minimum atomic E-state index is -5.21. The lowest BCUT2D eigenvalue weighted by atomic mass is 9.93. The molecule has 6 nitrogen and oxygen atoms in total. The van der Waals surface area contributed by atoms with Crippen molar-refractivity contribution in [2.45, 2.75) is 44.6 Å². The molecule has 33 heavy (non-hydrogen) atoms. The topological polar surface area (TPSA) is 68.3 Å². The molecule has 0 unspecified atom stereocenters. The van der Waals surface area contributed by atoms with Gasteiger partial charge in [-0.1, -0.05) is 11.6 Å². The number of rotatable bonds is 2. The highest BCUT2D eigenvalue weighted by atomic mass is 35.5. The predicted octanol–water partition coefficient (Wildman–Crippen LogP) is 5.10. The van der Waals surface area contributed by atoms with Crippen LogP contribution in [0, 0.1) is 0 Å². The molecule has 1 aliphatic rings. The van der Waals surface area contributed by atoms with Crippen LogP contribution in [0.2, 0.25) is 5.02 Å². The number of benzene rings is 1. The molecule has 1 fully saturated rings. The van der Waals surface area contributed by atoms with Crippen LogP contribution in [0.25, 0.3) is 22.0 Å². The summed E-state index contributed by atoms with van der Waals surface area (Å²) in [5, 5.41) is -0.659. The number of fused-ring (bicyclic) bond motifs is 3. The zero-order valence-corrected chi connectivity index (χ0v) is 17.7. The lowest BCUT2D eigenvalue weighted by molar-refractivity contribution is -0.160. The number of nitrogens with zero attached hydrogens (tertiary/aromatic N) is 3. The summed E-state index contributed by atoms with van der Waals surface area (Å²) in [6.45, 7) is 0.166. The van der Waals surface area contributed by atoms with Gasteiger partial charge >= 0.3 is 12.4 Å². The van der Waals surface area contributed by atoms with Crippen LogP contribution in [0.5, 0.6) is 0 Å². The average molecular weight is 496 g/mol. The lowest BCUT2D eigenvalue weighted by Crippen LogP contribution is -2.36. The third-order valence-corrected chi connectivity index (χ3v) is 5.91. The zero-order valence-electron chi connectivity index (χ0n) is 17.0. The van der Waals surface area contributed by atoms with Crippen molar-refractivity contribution in [1.29, 1.82) is 0 Å². The molecule has 1 aromatic carbocycles. The van der Waals surface area contributed by atoms with Gasteiger partial charge < -0.3 is 13.9 Å². The monoisotopic (exact) mass is 495 g/mol. The largest absolute Gasteiger partial charge is 0.458 e. The summed E-state index contributed by atoms with van der Waals surface area (Å²) in [6.07, 6.45) is -9.39. The quantitative estimate of drug-likeness (QED) is 0.464. The Hall–Kier alpha value is -2.76. The number of carbonyl (C=O) groups excluding carboxylic acids is 1. The fourth-order valence-corrected chi connectivity index (χ4v) is 4.35. The molecule has 1 saturated heterocycles. The number of aromatic nitrogens is 2. The molecule has 0 spiro atoms. The minimum Gasteiger partial charge on any atom is -0.458 e. The molecule has 4 rings (SSSR count). The average Bonchev–Trinajstić information content (AvgIpc) is 3.08. The third-order valence-electron chi connectivity index (χ3n) is 5.62. The predicted molar refractivity (Wildman–Crippen MR) is 106 cm³/mol. The smallest absolute Gasteiger partial charge is 0.449 e. The first kappa shape index (κ1) is 23.4. The second-order valence-corrected chi connectivity index (χ2v) is 8.27. The number of hydrogen-bond donors (Lipinski definition) is 0. The van der Waals surface area contributed by atoms with Gasteiger partial charge in [0.25, 0.3) is 0 Å². The van der Waals surface area contributed by atoms with Crippen molar-refractivity contribution in [2.24, 2.45) is 0 Å². The summed E-state index contributed by atoms with van der Waals surface area (Å²) in [5.74, 6) is -2.15. The first-order valence-electron chi connectivity index (χ1n) is 9.82. The number of likely N-dealkylation sites (tertiary alicyclic amines) is 1. The van der Waals surface area contributed by atoms with E-state index in [4.69, 9.17) is 16.0 Å². The van der Waals surface area contributed by atoms with Gasteiger partial charge in [-0.3, -0.25) is 9.59 Å². The Morgan fingerprint density at radius 2 is 1.82 bits per heavy atom. The first-order valence-corrected chi connectivity index (χ1v) is 10.2. The number of halogens is 7. The fourth-order valence-electron chi connectivity index (χ4n) is 4.11. The van der Waals surface area contributed by atoms with Crippen LogP contribution in [0.15, 0.2) is 21.3 Å². The van der Waals surface area contributed by atoms with E-state index in [1.807, 2.05) is 0 Å². The Kier molecular flexibility index (Phi) is 5.62. The van der Waals surface area contributed by atoms with E-state index < -0.39 is 51.8 Å². The van der Waals surface area contributed by atoms with Crippen LogP contribution in [0.3, 0.4) is 0 Å². The van der Waals surface area contributed by atoms with Gasteiger partial charge in [0.15, 0.2) is 11.0 Å². The Morgan fingerprint density at radius 1 is 1.18 bits per heavy atom. The van der Waals surface area contributed by atoms with Crippen LogP contribution in [0.1, 0.15) is 37.3 Å². The van der Waals surface area contributed by atoms with Gasteiger partial charge in [-0.2, -0.15) is 26.3 Å². The van der Waals surface area contributed by atoms with Crippen molar-refractivity contribution in [2.75, 3.05) is 13.1 Å². The van der Waals surface area contributed by atoms with Gasteiger partial charge in [-0.15, -0.1) is 0 Å². The molecule has 0 atom stereocenters. The number of piperidine rings is 1. The van der Waals surface area contributed by atoms with E-state index >= 15 is 0 Å². The molecule has 1 aliphatic heterocycles. The van der Waals surface area contributed by atoms with Crippen molar-refractivity contribution >= 4 is 39.5 Å². The normalized spacial score (nSPS) is 16.2. The van der Waals surface area contributed by atoms with Crippen LogP contribution in [0.4, 0.5) is 26.3 Å². The second kappa shape index (κ2) is 7.93. The summed E-state index contributed by atoms with van der Waals surface area (Å²) in [6, 6.07) is 2.20. The minimum absolute atomic E-state index is 0.0609. The molecule has 0 N–H and O–H groups in total. The van der Waals surface area contributed by atoms with E-state index in [9.17, 15) is 35.9 Å². The summed E-state index contributed by atoms with van der Waals surface area (Å²) in [4.78, 5) is 29.2. The zero-order chi connectivity index (χ0) is 24.3. The number of alkyl halides is 6. The maximum Gasteiger partial charge on any atom is 0.449 e.